The molecule has 0 unspecified atom stereocenters. The van der Waals surface area contributed by atoms with Crippen LogP contribution in [0.3, 0.4) is 0 Å². The maximum Gasteiger partial charge on any atom is 0.225 e. The van der Waals surface area contributed by atoms with E-state index in [-0.39, 0.29) is 23.1 Å². The average molecular weight is 364 g/mol. The van der Waals surface area contributed by atoms with Gasteiger partial charge in [0, 0.05) is 68.4 Å². The van der Waals surface area contributed by atoms with Gasteiger partial charge in [0.2, 0.25) is 11.8 Å². The Morgan fingerprint density at radius 2 is 2.08 bits per heavy atom. The standard InChI is InChI=1S/C19H29N3O2S/c1-4-21-13-19(10-17(21)23)12-20(11-16-6-5-9-25-16)7-8-22(14-19)18(24)15(2)3/h5-6,9,15H,4,7-8,10-14H2,1-3H3/t19-/m1/s1. The number of likely N-dealkylation sites (tertiary alicyclic amines) is 1. The van der Waals surface area contributed by atoms with E-state index in [2.05, 4.69) is 22.4 Å². The van der Waals surface area contributed by atoms with Crippen LogP contribution in [0.25, 0.3) is 0 Å². The molecular formula is C19H29N3O2S. The summed E-state index contributed by atoms with van der Waals surface area (Å²) in [4.78, 5) is 32.8. The van der Waals surface area contributed by atoms with Gasteiger partial charge in [0.05, 0.1) is 0 Å². The van der Waals surface area contributed by atoms with Crippen LogP contribution in [0.5, 0.6) is 0 Å². The third-order valence-electron chi connectivity index (χ3n) is 5.32. The number of carbonyl (C=O) groups excluding carboxylic acids is 2. The predicted molar refractivity (Wildman–Crippen MR) is 100 cm³/mol. The minimum Gasteiger partial charge on any atom is -0.342 e. The second-order valence-electron chi connectivity index (χ2n) is 7.79. The Hall–Kier alpha value is -1.40. The Labute approximate surface area is 154 Å². The van der Waals surface area contributed by atoms with E-state index in [1.54, 1.807) is 11.3 Å². The zero-order valence-corrected chi connectivity index (χ0v) is 16.3. The summed E-state index contributed by atoms with van der Waals surface area (Å²) in [5.74, 6) is 0.442. The molecule has 0 radical (unpaired) electrons. The zero-order chi connectivity index (χ0) is 18.0. The third-order valence-corrected chi connectivity index (χ3v) is 6.18. The molecule has 1 aromatic heterocycles. The molecule has 0 N–H and O–H groups in total. The molecule has 6 heteroatoms. The number of thiophene rings is 1. The molecule has 2 amide bonds. The van der Waals surface area contributed by atoms with Gasteiger partial charge in [0.15, 0.2) is 0 Å². The van der Waals surface area contributed by atoms with Gasteiger partial charge >= 0.3 is 0 Å². The largest absolute Gasteiger partial charge is 0.342 e. The highest BCUT2D eigenvalue weighted by atomic mass is 32.1. The number of amides is 2. The molecule has 1 spiro atoms. The minimum atomic E-state index is -0.134. The van der Waals surface area contributed by atoms with Crippen LogP contribution in [0.1, 0.15) is 32.1 Å². The van der Waals surface area contributed by atoms with Crippen molar-refractivity contribution < 1.29 is 9.59 Å². The first kappa shape index (κ1) is 18.4. The van der Waals surface area contributed by atoms with Crippen LogP contribution in [0, 0.1) is 11.3 Å². The fourth-order valence-corrected chi connectivity index (χ4v) is 4.89. The Bertz CT molecular complexity index is 616. The van der Waals surface area contributed by atoms with Gasteiger partial charge in [-0.1, -0.05) is 19.9 Å². The Balaban J connectivity index is 1.82. The summed E-state index contributed by atoms with van der Waals surface area (Å²) in [5, 5.41) is 2.11. The summed E-state index contributed by atoms with van der Waals surface area (Å²) in [6, 6.07) is 4.25. The first-order chi connectivity index (χ1) is 11.9. The fourth-order valence-electron chi connectivity index (χ4n) is 4.14. The number of hydrogen-bond donors (Lipinski definition) is 0. The molecule has 1 atom stereocenters. The van der Waals surface area contributed by atoms with E-state index in [0.29, 0.717) is 13.0 Å². The molecule has 0 bridgehead atoms. The zero-order valence-electron chi connectivity index (χ0n) is 15.5. The second-order valence-corrected chi connectivity index (χ2v) is 8.82. The highest BCUT2D eigenvalue weighted by Crippen LogP contribution is 2.36. The van der Waals surface area contributed by atoms with Gasteiger partial charge in [-0.25, -0.2) is 0 Å². The molecule has 0 aromatic carbocycles. The van der Waals surface area contributed by atoms with Crippen LogP contribution < -0.4 is 0 Å². The highest BCUT2D eigenvalue weighted by molar-refractivity contribution is 7.09. The Morgan fingerprint density at radius 1 is 1.28 bits per heavy atom. The van der Waals surface area contributed by atoms with Crippen LogP contribution in [0.15, 0.2) is 17.5 Å². The Morgan fingerprint density at radius 3 is 2.68 bits per heavy atom. The van der Waals surface area contributed by atoms with Crippen LogP contribution in [-0.4, -0.2) is 65.8 Å². The lowest BCUT2D eigenvalue weighted by atomic mass is 9.85. The first-order valence-corrected chi connectivity index (χ1v) is 10.1. The molecule has 138 valence electrons. The van der Waals surface area contributed by atoms with Crippen molar-refractivity contribution in [2.24, 2.45) is 11.3 Å². The summed E-state index contributed by atoms with van der Waals surface area (Å²) in [6.45, 7) is 11.6. The predicted octanol–water partition coefficient (Wildman–Crippen LogP) is 2.29. The Kier molecular flexibility index (Phi) is 5.49. The first-order valence-electron chi connectivity index (χ1n) is 9.24. The summed E-state index contributed by atoms with van der Waals surface area (Å²) in [6.07, 6.45) is 0.559. The van der Waals surface area contributed by atoms with Crippen LogP contribution >= 0.6 is 11.3 Å². The molecule has 2 aliphatic rings. The van der Waals surface area contributed by atoms with Crippen molar-refractivity contribution in [1.82, 2.24) is 14.7 Å². The van der Waals surface area contributed by atoms with Crippen molar-refractivity contribution in [2.75, 3.05) is 39.3 Å². The molecule has 0 saturated carbocycles. The van der Waals surface area contributed by atoms with E-state index >= 15 is 0 Å². The summed E-state index contributed by atoms with van der Waals surface area (Å²) in [5.41, 5.74) is -0.134. The van der Waals surface area contributed by atoms with Crippen molar-refractivity contribution >= 4 is 23.2 Å². The number of nitrogens with zero attached hydrogens (tertiary/aromatic N) is 3. The lowest BCUT2D eigenvalue weighted by Gasteiger charge is -2.34. The molecule has 25 heavy (non-hydrogen) atoms. The quantitative estimate of drug-likeness (QED) is 0.824. The molecule has 1 aromatic rings. The molecular weight excluding hydrogens is 334 g/mol. The van der Waals surface area contributed by atoms with E-state index < -0.39 is 0 Å². The number of rotatable bonds is 4. The van der Waals surface area contributed by atoms with Gasteiger partial charge in [0.1, 0.15) is 0 Å². The topological polar surface area (TPSA) is 43.9 Å². The van der Waals surface area contributed by atoms with E-state index in [0.717, 1.165) is 39.3 Å². The van der Waals surface area contributed by atoms with Crippen molar-refractivity contribution in [3.8, 4) is 0 Å². The summed E-state index contributed by atoms with van der Waals surface area (Å²) < 4.78 is 0. The van der Waals surface area contributed by atoms with E-state index in [1.807, 2.05) is 30.6 Å². The van der Waals surface area contributed by atoms with E-state index in [9.17, 15) is 9.59 Å². The van der Waals surface area contributed by atoms with Gasteiger partial charge in [-0.15, -0.1) is 11.3 Å². The van der Waals surface area contributed by atoms with Crippen LogP contribution in [0.2, 0.25) is 0 Å². The van der Waals surface area contributed by atoms with E-state index in [4.69, 9.17) is 0 Å². The lowest BCUT2D eigenvalue weighted by molar-refractivity contribution is -0.135. The van der Waals surface area contributed by atoms with E-state index in [1.165, 1.54) is 4.88 Å². The lowest BCUT2D eigenvalue weighted by Crippen LogP contribution is -2.45. The second kappa shape index (κ2) is 7.46. The molecule has 3 heterocycles. The molecule has 0 aliphatic carbocycles. The maximum absolute atomic E-state index is 12.7. The average Bonchev–Trinajstić information content (AvgIpc) is 3.13. The van der Waals surface area contributed by atoms with Gasteiger partial charge in [-0.2, -0.15) is 0 Å². The molecule has 2 aliphatic heterocycles. The van der Waals surface area contributed by atoms with Gasteiger partial charge in [-0.05, 0) is 18.4 Å². The van der Waals surface area contributed by atoms with Crippen molar-refractivity contribution in [1.29, 1.82) is 0 Å². The fraction of sp³-hybridized carbons (Fsp3) is 0.684. The minimum absolute atomic E-state index is 0.000258. The molecule has 2 saturated heterocycles. The summed E-state index contributed by atoms with van der Waals surface area (Å²) >= 11 is 1.77. The number of hydrogen-bond acceptors (Lipinski definition) is 4. The van der Waals surface area contributed by atoms with Crippen LogP contribution in [0.4, 0.5) is 0 Å². The van der Waals surface area contributed by atoms with Crippen molar-refractivity contribution in [2.45, 2.75) is 33.7 Å². The third kappa shape index (κ3) is 4.06. The molecule has 5 nitrogen and oxygen atoms in total. The SMILES string of the molecule is CCN1C[C@@]2(CC1=O)CN(Cc1cccs1)CCN(C(=O)C(C)C)C2. The van der Waals surface area contributed by atoms with Gasteiger partial charge < -0.3 is 9.80 Å². The highest BCUT2D eigenvalue weighted by Gasteiger charge is 2.46. The number of carbonyl (C=O) groups is 2. The summed E-state index contributed by atoms with van der Waals surface area (Å²) in [7, 11) is 0. The van der Waals surface area contributed by atoms with Gasteiger partial charge in [0.25, 0.3) is 0 Å². The smallest absolute Gasteiger partial charge is 0.225 e. The van der Waals surface area contributed by atoms with Crippen LogP contribution in [-0.2, 0) is 16.1 Å². The van der Waals surface area contributed by atoms with Crippen molar-refractivity contribution in [3.63, 3.8) is 0 Å². The van der Waals surface area contributed by atoms with Gasteiger partial charge in [-0.3, -0.25) is 14.5 Å². The maximum atomic E-state index is 12.7. The monoisotopic (exact) mass is 363 g/mol. The molecule has 2 fully saturated rings. The molecule has 3 rings (SSSR count). The normalized spacial score (nSPS) is 25.2. The van der Waals surface area contributed by atoms with Crippen molar-refractivity contribution in [3.05, 3.63) is 22.4 Å².